The van der Waals surface area contributed by atoms with Gasteiger partial charge in [-0.15, -0.1) is 0 Å². The van der Waals surface area contributed by atoms with Crippen molar-refractivity contribution in [2.24, 2.45) is 0 Å². The van der Waals surface area contributed by atoms with Crippen LogP contribution in [0.4, 0.5) is 5.82 Å². The van der Waals surface area contributed by atoms with Gasteiger partial charge in [-0.05, 0) is 0 Å². The highest BCUT2D eigenvalue weighted by Crippen LogP contribution is 2.20. The molecule has 0 atom stereocenters. The fraction of sp³-hybridized carbons (Fsp3) is 0.267. The van der Waals surface area contributed by atoms with E-state index in [1.807, 2.05) is 30.3 Å². The molecule has 1 fully saturated rings. The van der Waals surface area contributed by atoms with Crippen molar-refractivity contribution in [1.29, 1.82) is 0 Å². The lowest BCUT2D eigenvalue weighted by Crippen LogP contribution is -2.37. The Labute approximate surface area is 117 Å². The van der Waals surface area contributed by atoms with Crippen molar-refractivity contribution in [2.75, 3.05) is 31.2 Å². The van der Waals surface area contributed by atoms with Crippen LogP contribution >= 0.6 is 0 Å². The van der Waals surface area contributed by atoms with Gasteiger partial charge < -0.3 is 9.64 Å². The second kappa shape index (κ2) is 5.79. The first-order valence-electron chi connectivity index (χ1n) is 6.59. The maximum atomic E-state index is 11.1. The van der Waals surface area contributed by atoms with E-state index in [9.17, 15) is 4.79 Å². The van der Waals surface area contributed by atoms with Crippen molar-refractivity contribution in [1.82, 2.24) is 9.97 Å². The van der Waals surface area contributed by atoms with Crippen LogP contribution in [0.1, 0.15) is 10.5 Å². The molecule has 1 aromatic carbocycles. The molecule has 0 aliphatic carbocycles. The largest absolute Gasteiger partial charge is 0.378 e. The van der Waals surface area contributed by atoms with Crippen molar-refractivity contribution in [3.8, 4) is 11.4 Å². The number of morpholine rings is 1. The predicted octanol–water partition coefficient (Wildman–Crippen LogP) is 1.79. The Morgan fingerprint density at radius 2 is 1.85 bits per heavy atom. The van der Waals surface area contributed by atoms with Gasteiger partial charge in [-0.25, -0.2) is 9.97 Å². The Kier molecular flexibility index (Phi) is 3.69. The molecule has 2 heterocycles. The first-order valence-corrected chi connectivity index (χ1v) is 6.59. The number of aldehydes is 1. The van der Waals surface area contributed by atoms with Gasteiger partial charge in [0.15, 0.2) is 12.1 Å². The summed E-state index contributed by atoms with van der Waals surface area (Å²) in [6.07, 6.45) is 0.762. The summed E-state index contributed by atoms with van der Waals surface area (Å²) in [5.41, 5.74) is 1.31. The zero-order valence-corrected chi connectivity index (χ0v) is 11.0. The van der Waals surface area contributed by atoms with Gasteiger partial charge in [0, 0.05) is 24.7 Å². The SMILES string of the molecule is O=Cc1cc(N2CCOCC2)nc(-c2ccccc2)n1. The molecule has 5 nitrogen and oxygen atoms in total. The molecule has 0 radical (unpaired) electrons. The van der Waals surface area contributed by atoms with Gasteiger partial charge in [-0.2, -0.15) is 0 Å². The number of carbonyl (C=O) groups excluding carboxylic acids is 1. The molecule has 0 unspecified atom stereocenters. The van der Waals surface area contributed by atoms with Crippen LogP contribution in [0.2, 0.25) is 0 Å². The topological polar surface area (TPSA) is 55.3 Å². The van der Waals surface area contributed by atoms with E-state index in [0.717, 1.165) is 30.8 Å². The fourth-order valence-electron chi connectivity index (χ4n) is 2.18. The molecule has 102 valence electrons. The monoisotopic (exact) mass is 269 g/mol. The summed E-state index contributed by atoms with van der Waals surface area (Å²) >= 11 is 0. The minimum Gasteiger partial charge on any atom is -0.378 e. The van der Waals surface area contributed by atoms with Crippen molar-refractivity contribution < 1.29 is 9.53 Å². The summed E-state index contributed by atoms with van der Waals surface area (Å²) in [4.78, 5) is 22.1. The number of anilines is 1. The first-order chi connectivity index (χ1) is 9.86. The van der Waals surface area contributed by atoms with Crippen LogP contribution in [0.5, 0.6) is 0 Å². The third-order valence-corrected chi connectivity index (χ3v) is 3.22. The highest BCUT2D eigenvalue weighted by Gasteiger charge is 2.15. The Morgan fingerprint density at radius 1 is 1.10 bits per heavy atom. The van der Waals surface area contributed by atoms with Crippen molar-refractivity contribution in [3.63, 3.8) is 0 Å². The van der Waals surface area contributed by atoms with Gasteiger partial charge in [-0.1, -0.05) is 30.3 Å². The molecule has 3 rings (SSSR count). The Morgan fingerprint density at radius 3 is 2.55 bits per heavy atom. The molecule has 0 bridgehead atoms. The number of nitrogens with zero attached hydrogens (tertiary/aromatic N) is 3. The molecular weight excluding hydrogens is 254 g/mol. The van der Waals surface area contributed by atoms with Crippen LogP contribution in [0.25, 0.3) is 11.4 Å². The van der Waals surface area contributed by atoms with Gasteiger partial charge in [0.25, 0.3) is 0 Å². The summed E-state index contributed by atoms with van der Waals surface area (Å²) in [5.74, 6) is 1.36. The number of rotatable bonds is 3. The number of ether oxygens (including phenoxy) is 1. The molecule has 1 saturated heterocycles. The number of aromatic nitrogens is 2. The zero-order chi connectivity index (χ0) is 13.8. The minimum atomic E-state index is 0.403. The lowest BCUT2D eigenvalue weighted by molar-refractivity contribution is 0.111. The van der Waals surface area contributed by atoms with Gasteiger partial charge in [0.05, 0.1) is 13.2 Å². The standard InChI is InChI=1S/C15H15N3O2/c19-11-13-10-14(18-6-8-20-9-7-18)17-15(16-13)12-4-2-1-3-5-12/h1-5,10-11H,6-9H2. The second-order valence-corrected chi connectivity index (χ2v) is 4.56. The molecule has 20 heavy (non-hydrogen) atoms. The summed E-state index contributed by atoms with van der Waals surface area (Å²) in [6.45, 7) is 2.93. The van der Waals surface area contributed by atoms with Crippen molar-refractivity contribution >= 4 is 12.1 Å². The van der Waals surface area contributed by atoms with Crippen LogP contribution in [-0.4, -0.2) is 42.6 Å². The summed E-state index contributed by atoms with van der Waals surface area (Å²) in [6, 6.07) is 11.4. The second-order valence-electron chi connectivity index (χ2n) is 4.56. The number of carbonyl (C=O) groups is 1. The first kappa shape index (κ1) is 12.7. The van der Waals surface area contributed by atoms with E-state index >= 15 is 0 Å². The Bertz CT molecular complexity index is 595. The molecule has 1 aromatic heterocycles. The van der Waals surface area contributed by atoms with Crippen LogP contribution in [-0.2, 0) is 4.74 Å². The maximum Gasteiger partial charge on any atom is 0.168 e. The summed E-state index contributed by atoms with van der Waals surface area (Å²) in [7, 11) is 0. The van der Waals surface area contributed by atoms with Gasteiger partial charge in [-0.3, -0.25) is 4.79 Å². The highest BCUT2D eigenvalue weighted by molar-refractivity contribution is 5.75. The lowest BCUT2D eigenvalue weighted by Gasteiger charge is -2.28. The van der Waals surface area contributed by atoms with Crippen LogP contribution in [0.15, 0.2) is 36.4 Å². The Hall–Kier alpha value is -2.27. The molecule has 5 heteroatoms. The molecule has 0 N–H and O–H groups in total. The summed E-state index contributed by atoms with van der Waals surface area (Å²) < 4.78 is 5.34. The zero-order valence-electron chi connectivity index (χ0n) is 11.0. The molecular formula is C15H15N3O2. The minimum absolute atomic E-state index is 0.403. The fourth-order valence-corrected chi connectivity index (χ4v) is 2.18. The molecule has 1 aliphatic heterocycles. The molecule has 0 amide bonds. The van der Waals surface area contributed by atoms with Crippen LogP contribution < -0.4 is 4.90 Å². The third kappa shape index (κ3) is 2.67. The quantitative estimate of drug-likeness (QED) is 0.795. The Balaban J connectivity index is 2.00. The maximum absolute atomic E-state index is 11.1. The van der Waals surface area contributed by atoms with E-state index in [0.29, 0.717) is 24.7 Å². The third-order valence-electron chi connectivity index (χ3n) is 3.22. The lowest BCUT2D eigenvalue weighted by atomic mass is 10.2. The van der Waals surface area contributed by atoms with E-state index in [1.54, 1.807) is 6.07 Å². The molecule has 0 spiro atoms. The van der Waals surface area contributed by atoms with E-state index in [4.69, 9.17) is 4.74 Å². The number of hydrogen-bond donors (Lipinski definition) is 0. The predicted molar refractivity (Wildman–Crippen MR) is 75.9 cm³/mol. The molecule has 1 aliphatic rings. The average molecular weight is 269 g/mol. The van der Waals surface area contributed by atoms with Crippen LogP contribution in [0.3, 0.4) is 0 Å². The smallest absolute Gasteiger partial charge is 0.168 e. The normalized spacial score (nSPS) is 15.1. The molecule has 0 saturated carbocycles. The van der Waals surface area contributed by atoms with Gasteiger partial charge in [0.2, 0.25) is 0 Å². The average Bonchev–Trinajstić information content (AvgIpc) is 2.56. The van der Waals surface area contributed by atoms with E-state index in [-0.39, 0.29) is 0 Å². The van der Waals surface area contributed by atoms with E-state index < -0.39 is 0 Å². The van der Waals surface area contributed by atoms with Gasteiger partial charge in [0.1, 0.15) is 11.5 Å². The summed E-state index contributed by atoms with van der Waals surface area (Å²) in [5, 5.41) is 0. The van der Waals surface area contributed by atoms with Crippen molar-refractivity contribution in [3.05, 3.63) is 42.1 Å². The number of hydrogen-bond acceptors (Lipinski definition) is 5. The van der Waals surface area contributed by atoms with Crippen LogP contribution in [0, 0.1) is 0 Å². The molecule has 2 aromatic rings. The van der Waals surface area contributed by atoms with E-state index in [2.05, 4.69) is 14.9 Å². The van der Waals surface area contributed by atoms with E-state index in [1.165, 1.54) is 0 Å². The number of benzene rings is 1. The highest BCUT2D eigenvalue weighted by atomic mass is 16.5. The van der Waals surface area contributed by atoms with Gasteiger partial charge >= 0.3 is 0 Å². The van der Waals surface area contributed by atoms with Crippen molar-refractivity contribution in [2.45, 2.75) is 0 Å².